The normalized spacial score (nSPS) is 30.1. The molecule has 0 bridgehead atoms. The molecule has 0 unspecified atom stereocenters. The Hall–Kier alpha value is -0.340. The number of hydrogen-bond acceptors (Lipinski definition) is 2. The van der Waals surface area contributed by atoms with Crippen molar-refractivity contribution < 1.29 is 9.84 Å². The molecule has 0 radical (unpaired) electrons. The van der Waals surface area contributed by atoms with E-state index in [0.29, 0.717) is 18.1 Å². The summed E-state index contributed by atoms with van der Waals surface area (Å²) in [5, 5.41) is 9.07. The molecule has 2 heteroatoms. The Kier molecular flexibility index (Phi) is 5.50. The van der Waals surface area contributed by atoms with Crippen LogP contribution in [0.25, 0.3) is 0 Å². The van der Waals surface area contributed by atoms with Crippen LogP contribution >= 0.6 is 0 Å². The van der Waals surface area contributed by atoms with Gasteiger partial charge in [-0.1, -0.05) is 25.0 Å². The Bertz CT molecular complexity index is 227. The lowest BCUT2D eigenvalue weighted by molar-refractivity contribution is -0.00586. The summed E-state index contributed by atoms with van der Waals surface area (Å²) >= 11 is 0. The Morgan fingerprint density at radius 2 is 2.25 bits per heavy atom. The fourth-order valence-corrected chi connectivity index (χ4v) is 2.50. The van der Waals surface area contributed by atoms with Crippen molar-refractivity contribution in [2.75, 3.05) is 13.2 Å². The minimum Gasteiger partial charge on any atom is -0.396 e. The summed E-state index contributed by atoms with van der Waals surface area (Å²) in [5.41, 5.74) is 1.61. The van der Waals surface area contributed by atoms with E-state index in [-0.39, 0.29) is 0 Å². The molecule has 2 atom stereocenters. The van der Waals surface area contributed by atoms with E-state index in [1.165, 1.54) is 24.8 Å². The zero-order valence-corrected chi connectivity index (χ0v) is 11.0. The van der Waals surface area contributed by atoms with Crippen LogP contribution in [0.15, 0.2) is 11.6 Å². The van der Waals surface area contributed by atoms with Crippen molar-refractivity contribution in [2.45, 2.75) is 59.0 Å². The molecule has 0 amide bonds. The summed E-state index contributed by atoms with van der Waals surface area (Å²) < 4.78 is 5.88. The summed E-state index contributed by atoms with van der Waals surface area (Å²) in [4.78, 5) is 0. The van der Waals surface area contributed by atoms with Gasteiger partial charge in [0.25, 0.3) is 0 Å². The second-order valence-corrected chi connectivity index (χ2v) is 5.62. The van der Waals surface area contributed by atoms with Crippen LogP contribution in [-0.4, -0.2) is 24.4 Å². The van der Waals surface area contributed by atoms with Gasteiger partial charge in [0.1, 0.15) is 0 Å². The van der Waals surface area contributed by atoms with Gasteiger partial charge >= 0.3 is 0 Å². The second-order valence-electron chi connectivity index (χ2n) is 5.62. The van der Waals surface area contributed by atoms with E-state index in [2.05, 4.69) is 26.8 Å². The first-order valence-electron chi connectivity index (χ1n) is 6.41. The highest BCUT2D eigenvalue weighted by Gasteiger charge is 2.31. The van der Waals surface area contributed by atoms with Gasteiger partial charge in [-0.15, -0.1) is 0 Å². The van der Waals surface area contributed by atoms with Crippen LogP contribution in [0.4, 0.5) is 0 Å². The van der Waals surface area contributed by atoms with Crippen molar-refractivity contribution in [1.82, 2.24) is 0 Å². The van der Waals surface area contributed by atoms with Gasteiger partial charge in [0.15, 0.2) is 0 Å². The lowest BCUT2D eigenvalue weighted by Gasteiger charge is -2.37. The van der Waals surface area contributed by atoms with Crippen molar-refractivity contribution in [2.24, 2.45) is 5.41 Å². The molecule has 0 aromatic heterocycles. The van der Waals surface area contributed by atoms with Crippen molar-refractivity contribution in [3.05, 3.63) is 11.6 Å². The van der Waals surface area contributed by atoms with E-state index in [1.54, 1.807) is 0 Å². The predicted octanol–water partition coefficient (Wildman–Crippen LogP) is 3.30. The maximum atomic E-state index is 9.07. The SMILES string of the molecule is CC(C)=CCO[C@H]1CCC[C@@](C)(CCO)C1. The van der Waals surface area contributed by atoms with E-state index in [4.69, 9.17) is 9.84 Å². The second kappa shape index (κ2) is 6.41. The number of rotatable bonds is 5. The molecule has 0 heterocycles. The average molecular weight is 226 g/mol. The Morgan fingerprint density at radius 3 is 2.88 bits per heavy atom. The fraction of sp³-hybridized carbons (Fsp3) is 0.857. The van der Waals surface area contributed by atoms with Gasteiger partial charge in [-0.2, -0.15) is 0 Å². The monoisotopic (exact) mass is 226 g/mol. The predicted molar refractivity (Wildman–Crippen MR) is 67.4 cm³/mol. The lowest BCUT2D eigenvalue weighted by Crippen LogP contribution is -2.31. The van der Waals surface area contributed by atoms with Crippen LogP contribution in [-0.2, 0) is 4.74 Å². The molecule has 0 saturated heterocycles. The highest BCUT2D eigenvalue weighted by Crippen LogP contribution is 2.39. The highest BCUT2D eigenvalue weighted by atomic mass is 16.5. The van der Waals surface area contributed by atoms with Crippen LogP contribution in [0.3, 0.4) is 0 Å². The van der Waals surface area contributed by atoms with E-state index in [0.717, 1.165) is 19.4 Å². The number of aliphatic hydroxyl groups excluding tert-OH is 1. The first-order chi connectivity index (χ1) is 7.56. The third-order valence-electron chi connectivity index (χ3n) is 3.57. The zero-order valence-electron chi connectivity index (χ0n) is 11.0. The molecule has 2 nitrogen and oxygen atoms in total. The molecule has 16 heavy (non-hydrogen) atoms. The third-order valence-corrected chi connectivity index (χ3v) is 3.57. The van der Waals surface area contributed by atoms with E-state index < -0.39 is 0 Å². The quantitative estimate of drug-likeness (QED) is 0.729. The van der Waals surface area contributed by atoms with Crippen LogP contribution in [0.1, 0.15) is 52.9 Å². The maximum absolute atomic E-state index is 9.07. The van der Waals surface area contributed by atoms with Gasteiger partial charge in [-0.25, -0.2) is 0 Å². The topological polar surface area (TPSA) is 29.5 Å². The molecular weight excluding hydrogens is 200 g/mol. The highest BCUT2D eigenvalue weighted by molar-refractivity contribution is 4.93. The smallest absolute Gasteiger partial charge is 0.0653 e. The Balaban J connectivity index is 2.35. The molecule has 0 aromatic carbocycles. The molecule has 1 aliphatic carbocycles. The van der Waals surface area contributed by atoms with Gasteiger partial charge in [-0.3, -0.25) is 0 Å². The molecule has 0 spiro atoms. The van der Waals surface area contributed by atoms with Gasteiger partial charge in [0.05, 0.1) is 12.7 Å². The van der Waals surface area contributed by atoms with Crippen LogP contribution in [0.5, 0.6) is 0 Å². The molecule has 1 aliphatic rings. The van der Waals surface area contributed by atoms with Gasteiger partial charge in [0.2, 0.25) is 0 Å². The summed E-state index contributed by atoms with van der Waals surface area (Å²) in [6.45, 7) is 7.51. The molecular formula is C14H26O2. The van der Waals surface area contributed by atoms with E-state index >= 15 is 0 Å². The third kappa shape index (κ3) is 4.67. The summed E-state index contributed by atoms with van der Waals surface area (Å²) in [7, 11) is 0. The van der Waals surface area contributed by atoms with Gasteiger partial charge in [0, 0.05) is 6.61 Å². The van der Waals surface area contributed by atoms with Gasteiger partial charge < -0.3 is 9.84 Å². The van der Waals surface area contributed by atoms with Gasteiger partial charge in [-0.05, 0) is 44.9 Å². The molecule has 0 aromatic rings. The minimum atomic E-state index is 0.294. The zero-order chi connectivity index (χ0) is 12.0. The first kappa shape index (κ1) is 13.7. The fourth-order valence-electron chi connectivity index (χ4n) is 2.50. The number of aliphatic hydroxyl groups is 1. The van der Waals surface area contributed by atoms with Crippen molar-refractivity contribution in [1.29, 1.82) is 0 Å². The number of hydrogen-bond donors (Lipinski definition) is 1. The molecule has 0 aliphatic heterocycles. The largest absolute Gasteiger partial charge is 0.396 e. The summed E-state index contributed by atoms with van der Waals surface area (Å²) in [6.07, 6.45) is 8.18. The maximum Gasteiger partial charge on any atom is 0.0653 e. The summed E-state index contributed by atoms with van der Waals surface area (Å²) in [5.74, 6) is 0. The average Bonchev–Trinajstić information content (AvgIpc) is 2.17. The van der Waals surface area contributed by atoms with Crippen LogP contribution in [0.2, 0.25) is 0 Å². The van der Waals surface area contributed by atoms with Crippen LogP contribution < -0.4 is 0 Å². The molecule has 94 valence electrons. The van der Waals surface area contributed by atoms with E-state index in [9.17, 15) is 0 Å². The Labute approximate surface area is 99.7 Å². The molecule has 1 N–H and O–H groups in total. The van der Waals surface area contributed by atoms with Crippen molar-refractivity contribution in [3.63, 3.8) is 0 Å². The molecule has 1 saturated carbocycles. The van der Waals surface area contributed by atoms with Crippen molar-refractivity contribution in [3.8, 4) is 0 Å². The number of allylic oxidation sites excluding steroid dienone is 1. The minimum absolute atomic E-state index is 0.294. The molecule has 1 rings (SSSR count). The Morgan fingerprint density at radius 1 is 1.50 bits per heavy atom. The summed E-state index contributed by atoms with van der Waals surface area (Å²) in [6, 6.07) is 0. The first-order valence-corrected chi connectivity index (χ1v) is 6.41. The molecule has 1 fully saturated rings. The lowest BCUT2D eigenvalue weighted by atomic mass is 9.72. The van der Waals surface area contributed by atoms with E-state index in [1.807, 2.05) is 0 Å². The standard InChI is InChI=1S/C14H26O2/c1-12(2)6-10-16-13-5-4-7-14(3,11-13)8-9-15/h6,13,15H,4-5,7-11H2,1-3H3/t13-,14-/m0/s1. The van der Waals surface area contributed by atoms with Crippen molar-refractivity contribution >= 4 is 0 Å². The van der Waals surface area contributed by atoms with Crippen LogP contribution in [0, 0.1) is 5.41 Å². The number of ether oxygens (including phenoxy) is 1.